The second-order valence-electron chi connectivity index (χ2n) is 3.61. The van der Waals surface area contributed by atoms with Crippen LogP contribution >= 0.6 is 0 Å². The summed E-state index contributed by atoms with van der Waals surface area (Å²) in [5.74, 6) is -0.795. The van der Waals surface area contributed by atoms with E-state index in [-0.39, 0.29) is 6.42 Å². The highest BCUT2D eigenvalue weighted by atomic mass is 16.4. The molecule has 0 aromatic heterocycles. The highest BCUT2D eigenvalue weighted by Crippen LogP contribution is 2.08. The zero-order chi connectivity index (χ0) is 11.8. The summed E-state index contributed by atoms with van der Waals surface area (Å²) in [5.41, 5.74) is 1.89. The smallest absolute Gasteiger partial charge is 0.307 e. The van der Waals surface area contributed by atoms with Crippen molar-refractivity contribution in [1.82, 2.24) is 5.32 Å². The van der Waals surface area contributed by atoms with Crippen molar-refractivity contribution in [3.63, 3.8) is 0 Å². The van der Waals surface area contributed by atoms with Crippen LogP contribution in [0.5, 0.6) is 0 Å². The SMILES string of the molecule is CNCCC=Cc1cccc(CC(=O)O)c1. The summed E-state index contributed by atoms with van der Waals surface area (Å²) in [6.07, 6.45) is 5.15. The van der Waals surface area contributed by atoms with Crippen molar-refractivity contribution in [1.29, 1.82) is 0 Å². The first-order valence-corrected chi connectivity index (χ1v) is 5.34. The number of benzene rings is 1. The molecule has 0 bridgehead atoms. The van der Waals surface area contributed by atoms with Gasteiger partial charge in [0.15, 0.2) is 0 Å². The van der Waals surface area contributed by atoms with Gasteiger partial charge in [0.25, 0.3) is 0 Å². The average molecular weight is 219 g/mol. The molecule has 0 aliphatic rings. The number of carbonyl (C=O) groups is 1. The molecule has 0 unspecified atom stereocenters. The van der Waals surface area contributed by atoms with Crippen LogP contribution in [0.3, 0.4) is 0 Å². The lowest BCUT2D eigenvalue weighted by Gasteiger charge is -1.99. The number of nitrogens with one attached hydrogen (secondary N) is 1. The quantitative estimate of drug-likeness (QED) is 0.719. The molecule has 0 aliphatic heterocycles. The van der Waals surface area contributed by atoms with Gasteiger partial charge in [0, 0.05) is 0 Å². The van der Waals surface area contributed by atoms with Gasteiger partial charge in [-0.05, 0) is 31.1 Å². The van der Waals surface area contributed by atoms with E-state index >= 15 is 0 Å². The topological polar surface area (TPSA) is 49.3 Å². The third kappa shape index (κ3) is 4.75. The summed E-state index contributed by atoms with van der Waals surface area (Å²) in [7, 11) is 1.92. The van der Waals surface area contributed by atoms with Crippen LogP contribution in [0.4, 0.5) is 0 Å². The van der Waals surface area contributed by atoms with Crippen LogP contribution in [0, 0.1) is 0 Å². The zero-order valence-corrected chi connectivity index (χ0v) is 9.44. The van der Waals surface area contributed by atoms with Crippen LogP contribution in [-0.2, 0) is 11.2 Å². The summed E-state index contributed by atoms with van der Waals surface area (Å²) in [4.78, 5) is 10.6. The maximum absolute atomic E-state index is 10.6. The van der Waals surface area contributed by atoms with Crippen LogP contribution in [-0.4, -0.2) is 24.7 Å². The highest BCUT2D eigenvalue weighted by Gasteiger charge is 1.99. The Labute approximate surface area is 95.8 Å². The second kappa shape index (κ2) is 6.80. The molecule has 0 atom stereocenters. The van der Waals surface area contributed by atoms with Gasteiger partial charge >= 0.3 is 5.97 Å². The third-order valence-corrected chi connectivity index (χ3v) is 2.18. The molecule has 1 aromatic rings. The molecule has 3 heteroatoms. The van der Waals surface area contributed by atoms with Gasteiger partial charge in [-0.3, -0.25) is 4.79 Å². The van der Waals surface area contributed by atoms with E-state index in [1.807, 2.05) is 37.4 Å². The fourth-order valence-electron chi connectivity index (χ4n) is 1.43. The van der Waals surface area contributed by atoms with Crippen LogP contribution in [0.15, 0.2) is 30.3 Å². The van der Waals surface area contributed by atoms with Gasteiger partial charge in [-0.2, -0.15) is 0 Å². The Kier molecular flexibility index (Phi) is 5.29. The molecule has 86 valence electrons. The van der Waals surface area contributed by atoms with E-state index in [0.717, 1.165) is 24.1 Å². The first kappa shape index (κ1) is 12.5. The molecule has 0 amide bonds. The lowest BCUT2D eigenvalue weighted by molar-refractivity contribution is -0.136. The predicted octanol–water partition coefficient (Wildman–Crippen LogP) is 1.94. The molecule has 3 nitrogen and oxygen atoms in total. The monoisotopic (exact) mass is 219 g/mol. The van der Waals surface area contributed by atoms with Crippen LogP contribution in [0.25, 0.3) is 6.08 Å². The molecule has 0 radical (unpaired) electrons. The summed E-state index contributed by atoms with van der Waals surface area (Å²) < 4.78 is 0. The van der Waals surface area contributed by atoms with Crippen molar-refractivity contribution in [3.8, 4) is 0 Å². The minimum atomic E-state index is -0.795. The predicted molar refractivity (Wildman–Crippen MR) is 65.4 cm³/mol. The Balaban J connectivity index is 2.59. The van der Waals surface area contributed by atoms with Crippen molar-refractivity contribution in [2.75, 3.05) is 13.6 Å². The van der Waals surface area contributed by atoms with Crippen LogP contribution < -0.4 is 5.32 Å². The van der Waals surface area contributed by atoms with Gasteiger partial charge in [-0.25, -0.2) is 0 Å². The van der Waals surface area contributed by atoms with E-state index in [0.29, 0.717) is 0 Å². The third-order valence-electron chi connectivity index (χ3n) is 2.18. The molecule has 0 saturated heterocycles. The van der Waals surface area contributed by atoms with E-state index in [1.54, 1.807) is 0 Å². The molecular weight excluding hydrogens is 202 g/mol. The van der Waals surface area contributed by atoms with Gasteiger partial charge in [-0.15, -0.1) is 0 Å². The molecule has 16 heavy (non-hydrogen) atoms. The summed E-state index contributed by atoms with van der Waals surface area (Å²) >= 11 is 0. The fourth-order valence-corrected chi connectivity index (χ4v) is 1.43. The van der Waals surface area contributed by atoms with Gasteiger partial charge in [0.2, 0.25) is 0 Å². The molecular formula is C13H17NO2. The Morgan fingerprint density at radius 1 is 1.50 bits per heavy atom. The van der Waals surface area contributed by atoms with Crippen molar-refractivity contribution < 1.29 is 9.90 Å². The van der Waals surface area contributed by atoms with Crippen molar-refractivity contribution in [2.24, 2.45) is 0 Å². The van der Waals surface area contributed by atoms with Crippen LogP contribution in [0.1, 0.15) is 17.5 Å². The highest BCUT2D eigenvalue weighted by molar-refractivity contribution is 5.70. The molecule has 0 heterocycles. The molecule has 1 aromatic carbocycles. The minimum absolute atomic E-state index is 0.0815. The molecule has 0 fully saturated rings. The van der Waals surface area contributed by atoms with Crippen molar-refractivity contribution in [3.05, 3.63) is 41.5 Å². The number of hydrogen-bond donors (Lipinski definition) is 2. The van der Waals surface area contributed by atoms with E-state index in [9.17, 15) is 4.79 Å². The normalized spacial score (nSPS) is 10.8. The van der Waals surface area contributed by atoms with Gasteiger partial charge in [0.1, 0.15) is 0 Å². The molecule has 1 rings (SSSR count). The maximum Gasteiger partial charge on any atom is 0.307 e. The summed E-state index contributed by atoms with van der Waals surface area (Å²) in [5, 5.41) is 11.7. The molecule has 0 spiro atoms. The number of aliphatic carboxylic acids is 1. The van der Waals surface area contributed by atoms with Gasteiger partial charge in [0.05, 0.1) is 6.42 Å². The lowest BCUT2D eigenvalue weighted by Crippen LogP contribution is -2.05. The molecule has 0 saturated carbocycles. The van der Waals surface area contributed by atoms with E-state index < -0.39 is 5.97 Å². The van der Waals surface area contributed by atoms with Crippen LogP contribution in [0.2, 0.25) is 0 Å². The van der Waals surface area contributed by atoms with Gasteiger partial charge in [-0.1, -0.05) is 36.4 Å². The number of carboxylic acid groups (broad SMARTS) is 1. The number of rotatable bonds is 6. The maximum atomic E-state index is 10.6. The Bertz CT molecular complexity index is 372. The van der Waals surface area contributed by atoms with Crippen molar-refractivity contribution in [2.45, 2.75) is 12.8 Å². The van der Waals surface area contributed by atoms with E-state index in [2.05, 4.69) is 11.4 Å². The Morgan fingerprint density at radius 2 is 2.31 bits per heavy atom. The first-order chi connectivity index (χ1) is 7.72. The zero-order valence-electron chi connectivity index (χ0n) is 9.44. The fraction of sp³-hybridized carbons (Fsp3) is 0.308. The minimum Gasteiger partial charge on any atom is -0.481 e. The lowest BCUT2D eigenvalue weighted by atomic mass is 10.1. The number of hydrogen-bond acceptors (Lipinski definition) is 2. The summed E-state index contributed by atoms with van der Waals surface area (Å²) in [6, 6.07) is 7.60. The van der Waals surface area contributed by atoms with Gasteiger partial charge < -0.3 is 10.4 Å². The molecule has 0 aliphatic carbocycles. The Morgan fingerprint density at radius 3 is 3.00 bits per heavy atom. The Hall–Kier alpha value is -1.61. The number of carboxylic acids is 1. The largest absolute Gasteiger partial charge is 0.481 e. The van der Waals surface area contributed by atoms with E-state index in [4.69, 9.17) is 5.11 Å². The summed E-state index contributed by atoms with van der Waals surface area (Å²) in [6.45, 7) is 0.950. The first-order valence-electron chi connectivity index (χ1n) is 5.34. The molecule has 2 N–H and O–H groups in total. The van der Waals surface area contributed by atoms with E-state index in [1.165, 1.54) is 0 Å². The van der Waals surface area contributed by atoms with Crippen molar-refractivity contribution >= 4 is 12.0 Å². The standard InChI is InChI=1S/C13H17NO2/c1-14-8-3-2-5-11-6-4-7-12(9-11)10-13(15)16/h2,4-7,9,14H,3,8,10H2,1H3,(H,15,16). The average Bonchev–Trinajstić information content (AvgIpc) is 2.24. The second-order valence-corrected chi connectivity index (χ2v) is 3.61.